The van der Waals surface area contributed by atoms with Gasteiger partial charge in [0.25, 0.3) is 5.56 Å². The summed E-state index contributed by atoms with van der Waals surface area (Å²) in [6, 6.07) is 16.6. The molecule has 4 rings (SSSR count). The first kappa shape index (κ1) is 24.8. The van der Waals surface area contributed by atoms with Gasteiger partial charge in [-0.3, -0.25) is 9.69 Å². The largest absolute Gasteiger partial charge is 0.383 e. The van der Waals surface area contributed by atoms with E-state index in [0.29, 0.717) is 19.7 Å². The fourth-order valence-electron chi connectivity index (χ4n) is 4.51. The van der Waals surface area contributed by atoms with Gasteiger partial charge in [0.2, 0.25) is 0 Å². The van der Waals surface area contributed by atoms with Gasteiger partial charge in [-0.2, -0.15) is 0 Å². The van der Waals surface area contributed by atoms with Gasteiger partial charge in [-0.05, 0) is 77.4 Å². The molecule has 0 bridgehead atoms. The lowest BCUT2D eigenvalue weighted by Crippen LogP contribution is -2.34. The number of nitrogens with one attached hydrogen (secondary N) is 1. The Balaban J connectivity index is 1.68. The zero-order valence-electron chi connectivity index (χ0n) is 21.0. The quantitative estimate of drug-likeness (QED) is 0.354. The molecule has 2 heterocycles. The molecule has 0 aliphatic rings. The summed E-state index contributed by atoms with van der Waals surface area (Å²) in [4.78, 5) is 18.5. The summed E-state index contributed by atoms with van der Waals surface area (Å²) in [6.45, 7) is 8.67. The molecular weight excluding hydrogens is 440 g/mol. The molecule has 1 N–H and O–H groups in total. The zero-order valence-corrected chi connectivity index (χ0v) is 21.0. The molecule has 184 valence electrons. The number of nitrogens with zero attached hydrogens (tertiary/aromatic N) is 5. The summed E-state index contributed by atoms with van der Waals surface area (Å²) < 4.78 is 7.05. The van der Waals surface area contributed by atoms with E-state index in [2.05, 4.69) is 76.5 Å². The molecule has 0 amide bonds. The maximum atomic E-state index is 13.1. The molecule has 2 aromatic carbocycles. The highest BCUT2D eigenvalue weighted by molar-refractivity contribution is 5.80. The van der Waals surface area contributed by atoms with Gasteiger partial charge in [-0.1, -0.05) is 37.3 Å². The Morgan fingerprint density at radius 1 is 1.11 bits per heavy atom. The van der Waals surface area contributed by atoms with Crippen LogP contribution >= 0.6 is 0 Å². The maximum absolute atomic E-state index is 13.1. The number of rotatable bonds is 11. The summed E-state index contributed by atoms with van der Waals surface area (Å²) in [5.74, 6) is 0.793. The summed E-state index contributed by atoms with van der Waals surface area (Å²) >= 11 is 0. The Morgan fingerprint density at radius 3 is 2.63 bits per heavy atom. The van der Waals surface area contributed by atoms with Crippen molar-refractivity contribution in [2.24, 2.45) is 0 Å². The summed E-state index contributed by atoms with van der Waals surface area (Å²) in [7, 11) is 1.67. The van der Waals surface area contributed by atoms with Crippen LogP contribution in [0.15, 0.2) is 53.3 Å². The molecule has 35 heavy (non-hydrogen) atoms. The van der Waals surface area contributed by atoms with E-state index in [4.69, 9.17) is 4.74 Å². The molecule has 0 radical (unpaired) electrons. The standard InChI is InChI=1S/C27H34N6O2/c1-5-25(26-29-30-31-33(26)13-14-35-4)32(12-11-21-9-7-6-8-10-21)18-23-17-22-15-19(2)20(3)16-24(22)28-27(23)34/h6-10,15-17,25H,5,11-14,18H2,1-4H3,(H,28,34)/t25-/m0/s1. The SMILES string of the molecule is CC[C@@H](c1nnnn1CCOC)N(CCc1ccccc1)Cc1cc2cc(C)c(C)cc2[nH]c1=O. The van der Waals surface area contributed by atoms with Gasteiger partial charge in [-0.25, -0.2) is 4.68 Å². The van der Waals surface area contributed by atoms with Crippen LogP contribution in [0.2, 0.25) is 0 Å². The third kappa shape index (κ3) is 5.83. The minimum absolute atomic E-state index is 0.0413. The molecule has 0 fully saturated rings. The van der Waals surface area contributed by atoms with E-state index in [1.165, 1.54) is 16.7 Å². The molecule has 0 saturated heterocycles. The van der Waals surface area contributed by atoms with E-state index in [1.54, 1.807) is 7.11 Å². The average Bonchev–Trinajstić information content (AvgIpc) is 3.32. The lowest BCUT2D eigenvalue weighted by molar-refractivity contribution is 0.158. The first-order chi connectivity index (χ1) is 17.0. The van der Waals surface area contributed by atoms with E-state index in [9.17, 15) is 4.79 Å². The number of hydrogen-bond donors (Lipinski definition) is 1. The van der Waals surface area contributed by atoms with Crippen LogP contribution in [-0.4, -0.2) is 50.4 Å². The third-order valence-corrected chi connectivity index (χ3v) is 6.63. The van der Waals surface area contributed by atoms with Gasteiger partial charge >= 0.3 is 0 Å². The van der Waals surface area contributed by atoms with E-state index < -0.39 is 0 Å². The van der Waals surface area contributed by atoms with Gasteiger partial charge in [0.15, 0.2) is 5.82 Å². The van der Waals surface area contributed by atoms with Crippen LogP contribution in [-0.2, 0) is 24.2 Å². The van der Waals surface area contributed by atoms with Crippen molar-refractivity contribution < 1.29 is 4.74 Å². The highest BCUT2D eigenvalue weighted by atomic mass is 16.5. The van der Waals surface area contributed by atoms with Crippen LogP contribution < -0.4 is 5.56 Å². The number of aryl methyl sites for hydroxylation is 2. The Hall–Kier alpha value is -3.36. The lowest BCUT2D eigenvalue weighted by atomic mass is 10.0. The normalized spacial score (nSPS) is 12.5. The molecule has 1 atom stereocenters. The van der Waals surface area contributed by atoms with Crippen LogP contribution in [0.1, 0.15) is 47.5 Å². The molecule has 0 aliphatic carbocycles. The molecule has 8 heteroatoms. The van der Waals surface area contributed by atoms with Gasteiger partial charge in [0, 0.05) is 31.3 Å². The maximum Gasteiger partial charge on any atom is 0.252 e. The van der Waals surface area contributed by atoms with E-state index in [-0.39, 0.29) is 11.6 Å². The van der Waals surface area contributed by atoms with Crippen molar-refractivity contribution in [1.82, 2.24) is 30.1 Å². The van der Waals surface area contributed by atoms with Gasteiger partial charge in [-0.15, -0.1) is 5.10 Å². The van der Waals surface area contributed by atoms with E-state index in [1.807, 2.05) is 22.9 Å². The van der Waals surface area contributed by atoms with Crippen LogP contribution in [0, 0.1) is 13.8 Å². The van der Waals surface area contributed by atoms with Crippen molar-refractivity contribution in [2.45, 2.75) is 52.7 Å². The predicted octanol–water partition coefficient (Wildman–Crippen LogP) is 3.97. The molecule has 0 unspecified atom stereocenters. The average molecular weight is 475 g/mol. The second-order valence-corrected chi connectivity index (χ2v) is 9.03. The number of methoxy groups -OCH3 is 1. The first-order valence-electron chi connectivity index (χ1n) is 12.2. The smallest absolute Gasteiger partial charge is 0.252 e. The Kier molecular flexibility index (Phi) is 8.05. The van der Waals surface area contributed by atoms with Crippen molar-refractivity contribution in [1.29, 1.82) is 0 Å². The number of benzene rings is 2. The van der Waals surface area contributed by atoms with Crippen molar-refractivity contribution in [3.63, 3.8) is 0 Å². The number of pyridine rings is 1. The Morgan fingerprint density at radius 2 is 1.89 bits per heavy atom. The van der Waals surface area contributed by atoms with Crippen LogP contribution in [0.3, 0.4) is 0 Å². The fourth-order valence-corrected chi connectivity index (χ4v) is 4.51. The monoisotopic (exact) mass is 474 g/mol. The second-order valence-electron chi connectivity index (χ2n) is 9.03. The number of ether oxygens (including phenoxy) is 1. The predicted molar refractivity (Wildman–Crippen MR) is 137 cm³/mol. The molecular formula is C27H34N6O2. The summed E-state index contributed by atoms with van der Waals surface area (Å²) in [5, 5.41) is 13.5. The van der Waals surface area contributed by atoms with E-state index in [0.717, 1.165) is 41.7 Å². The van der Waals surface area contributed by atoms with Gasteiger partial charge < -0.3 is 9.72 Å². The lowest BCUT2D eigenvalue weighted by Gasteiger charge is -2.30. The zero-order chi connectivity index (χ0) is 24.8. The number of H-pyrrole nitrogens is 1. The van der Waals surface area contributed by atoms with Crippen molar-refractivity contribution in [2.75, 3.05) is 20.3 Å². The molecule has 4 aromatic rings. The van der Waals surface area contributed by atoms with Crippen LogP contribution in [0.4, 0.5) is 0 Å². The first-order valence-corrected chi connectivity index (χ1v) is 12.2. The van der Waals surface area contributed by atoms with Crippen molar-refractivity contribution >= 4 is 10.9 Å². The number of hydrogen-bond acceptors (Lipinski definition) is 6. The number of aromatic amines is 1. The minimum atomic E-state index is -0.0562. The van der Waals surface area contributed by atoms with Crippen molar-refractivity contribution in [3.05, 3.63) is 87.0 Å². The fraction of sp³-hybridized carbons (Fsp3) is 0.407. The van der Waals surface area contributed by atoms with Gasteiger partial charge in [0.05, 0.1) is 19.2 Å². The van der Waals surface area contributed by atoms with Crippen LogP contribution in [0.5, 0.6) is 0 Å². The topological polar surface area (TPSA) is 88.9 Å². The molecule has 2 aromatic heterocycles. The third-order valence-electron chi connectivity index (χ3n) is 6.63. The highest BCUT2D eigenvalue weighted by Gasteiger charge is 2.25. The molecule has 0 saturated carbocycles. The Labute approximate surface area is 205 Å². The molecule has 0 aliphatic heterocycles. The van der Waals surface area contributed by atoms with E-state index >= 15 is 0 Å². The van der Waals surface area contributed by atoms with Crippen LogP contribution in [0.25, 0.3) is 10.9 Å². The minimum Gasteiger partial charge on any atom is -0.383 e. The highest BCUT2D eigenvalue weighted by Crippen LogP contribution is 2.25. The second kappa shape index (κ2) is 11.4. The number of fused-ring (bicyclic) bond motifs is 1. The summed E-state index contributed by atoms with van der Waals surface area (Å²) in [6.07, 6.45) is 1.67. The molecule has 8 nitrogen and oxygen atoms in total. The molecule has 0 spiro atoms. The van der Waals surface area contributed by atoms with Crippen molar-refractivity contribution in [3.8, 4) is 0 Å². The summed E-state index contributed by atoms with van der Waals surface area (Å²) in [5.41, 5.74) is 5.18. The number of aromatic nitrogens is 5. The number of tetrazole rings is 1. The Bertz CT molecular complexity index is 1310. The van der Waals surface area contributed by atoms with Gasteiger partial charge in [0.1, 0.15) is 0 Å².